The number of carbonyl (C=O) groups is 1. The normalized spacial score (nSPS) is 28.1. The van der Waals surface area contributed by atoms with Crippen molar-refractivity contribution >= 4 is 23.3 Å². The quantitative estimate of drug-likeness (QED) is 0.827. The van der Waals surface area contributed by atoms with E-state index in [9.17, 15) is 14.0 Å². The molecular formula is C18H19ClFN3O3. The van der Waals surface area contributed by atoms with E-state index in [1.54, 1.807) is 37.3 Å². The first-order valence-corrected chi connectivity index (χ1v) is 8.71. The second-order valence-electron chi connectivity index (χ2n) is 6.22. The zero-order valence-corrected chi connectivity index (χ0v) is 15.1. The van der Waals surface area contributed by atoms with E-state index in [-0.39, 0.29) is 5.82 Å². The number of nitrogens with one attached hydrogen (secondary N) is 1. The molecule has 1 fully saturated rings. The number of benzene rings is 1. The molecule has 0 radical (unpaired) electrons. The molecule has 1 aliphatic heterocycles. The Kier molecular flexibility index (Phi) is 5.11. The predicted octanol–water partition coefficient (Wildman–Crippen LogP) is 3.34. The van der Waals surface area contributed by atoms with E-state index in [0.29, 0.717) is 12.0 Å². The van der Waals surface area contributed by atoms with E-state index >= 15 is 0 Å². The summed E-state index contributed by atoms with van der Waals surface area (Å²) in [6, 6.07) is 9.93. The molecule has 0 aliphatic carbocycles. The van der Waals surface area contributed by atoms with Gasteiger partial charge in [0.15, 0.2) is 6.23 Å². The molecule has 26 heavy (non-hydrogen) atoms. The third-order valence-corrected chi connectivity index (χ3v) is 5.09. The minimum Gasteiger partial charge on any atom is -0.349 e. The fourth-order valence-corrected chi connectivity index (χ4v) is 3.28. The topological polar surface area (TPSA) is 73.2 Å². The highest BCUT2D eigenvalue weighted by atomic mass is 35.5. The summed E-state index contributed by atoms with van der Waals surface area (Å²) in [6.07, 6.45) is 0.223. The molecule has 2 heterocycles. The van der Waals surface area contributed by atoms with Crippen LogP contribution in [0.25, 0.3) is 0 Å². The Morgan fingerprint density at radius 3 is 2.65 bits per heavy atom. The Bertz CT molecular complexity index is 856. The number of aromatic nitrogens is 2. The van der Waals surface area contributed by atoms with Crippen molar-refractivity contribution in [1.82, 2.24) is 9.55 Å². The monoisotopic (exact) mass is 379 g/mol. The molecule has 1 N–H and O–H groups in total. The Morgan fingerprint density at radius 1 is 1.38 bits per heavy atom. The van der Waals surface area contributed by atoms with E-state index in [2.05, 4.69) is 10.3 Å². The van der Waals surface area contributed by atoms with Gasteiger partial charge in [0.1, 0.15) is 5.82 Å². The van der Waals surface area contributed by atoms with Crippen LogP contribution in [-0.4, -0.2) is 26.7 Å². The smallest absolute Gasteiger partial charge is 0.349 e. The minimum atomic E-state index is -2.22. The molecule has 2 aromatic rings. The number of hydrogen-bond donors (Lipinski definition) is 1. The lowest BCUT2D eigenvalue weighted by atomic mass is 9.99. The average molecular weight is 380 g/mol. The maximum Gasteiger partial charge on any atom is 0.351 e. The number of ether oxygens (including phenoxy) is 1. The Labute approximate surface area is 155 Å². The Hall–Kier alpha value is -2.25. The van der Waals surface area contributed by atoms with Gasteiger partial charge in [0.2, 0.25) is 5.13 Å². The highest BCUT2D eigenvalue weighted by Gasteiger charge is 2.55. The largest absolute Gasteiger partial charge is 0.351 e. The van der Waals surface area contributed by atoms with Crippen LogP contribution in [0.2, 0.25) is 0 Å². The van der Waals surface area contributed by atoms with Crippen molar-refractivity contribution in [3.05, 3.63) is 58.6 Å². The number of carbonyl (C=O) groups excluding carboxylic acids is 1. The minimum absolute atomic E-state index is 0.0669. The fraction of sp³-hybridized carbons (Fsp3) is 0.389. The summed E-state index contributed by atoms with van der Waals surface area (Å²) in [5, 5.41) is 0.314. The number of hydrogen-bond acceptors (Lipinski definition) is 4. The van der Waals surface area contributed by atoms with E-state index in [1.165, 1.54) is 12.3 Å². The average Bonchev–Trinajstić information content (AvgIpc) is 2.85. The molecule has 1 aromatic carbocycles. The summed E-state index contributed by atoms with van der Waals surface area (Å²) in [6.45, 7) is 3.51. The molecule has 3 rings (SSSR count). The number of nitrogens with zero attached hydrogens (tertiary/aromatic N) is 2. The molecular weight excluding hydrogens is 361 g/mol. The van der Waals surface area contributed by atoms with E-state index in [0.717, 1.165) is 4.57 Å². The SMILES string of the molecule is CC[C@H]1O[C@@H](n2ccc(NC(=O)c3ccccc3)nc2=O)C(F)(Cl)[C@H]1C. The Balaban J connectivity index is 1.82. The van der Waals surface area contributed by atoms with Crippen LogP contribution in [0.5, 0.6) is 0 Å². The molecule has 6 nitrogen and oxygen atoms in total. The highest BCUT2D eigenvalue weighted by Crippen LogP contribution is 2.48. The second kappa shape index (κ2) is 7.17. The first-order chi connectivity index (χ1) is 12.3. The molecule has 1 aliphatic rings. The lowest BCUT2D eigenvalue weighted by Crippen LogP contribution is -2.37. The van der Waals surface area contributed by atoms with Crippen LogP contribution >= 0.6 is 11.6 Å². The lowest BCUT2D eigenvalue weighted by Gasteiger charge is -2.23. The van der Waals surface area contributed by atoms with Crippen molar-refractivity contribution < 1.29 is 13.9 Å². The van der Waals surface area contributed by atoms with E-state index < -0.39 is 35.0 Å². The predicted molar refractivity (Wildman–Crippen MR) is 95.9 cm³/mol. The van der Waals surface area contributed by atoms with Crippen molar-refractivity contribution in [3.8, 4) is 0 Å². The van der Waals surface area contributed by atoms with Crippen molar-refractivity contribution in [2.75, 3.05) is 5.32 Å². The maximum absolute atomic E-state index is 14.9. The van der Waals surface area contributed by atoms with Crippen LogP contribution in [-0.2, 0) is 4.74 Å². The third kappa shape index (κ3) is 3.37. The molecule has 0 bridgehead atoms. The number of alkyl halides is 2. The number of amides is 1. The van der Waals surface area contributed by atoms with Crippen molar-refractivity contribution in [1.29, 1.82) is 0 Å². The summed E-state index contributed by atoms with van der Waals surface area (Å²) in [4.78, 5) is 28.3. The van der Waals surface area contributed by atoms with Gasteiger partial charge >= 0.3 is 5.69 Å². The lowest BCUT2D eigenvalue weighted by molar-refractivity contribution is -0.0321. The van der Waals surface area contributed by atoms with Crippen molar-refractivity contribution in [2.24, 2.45) is 5.92 Å². The van der Waals surface area contributed by atoms with E-state index in [4.69, 9.17) is 16.3 Å². The van der Waals surface area contributed by atoms with Crippen molar-refractivity contribution in [3.63, 3.8) is 0 Å². The van der Waals surface area contributed by atoms with Gasteiger partial charge in [0.05, 0.1) is 6.10 Å². The molecule has 0 saturated carbocycles. The second-order valence-corrected chi connectivity index (χ2v) is 6.80. The highest BCUT2D eigenvalue weighted by molar-refractivity contribution is 6.23. The van der Waals surface area contributed by atoms with Gasteiger partial charge in [-0.15, -0.1) is 0 Å². The first kappa shape index (κ1) is 18.5. The molecule has 1 saturated heterocycles. The summed E-state index contributed by atoms with van der Waals surface area (Å²) in [7, 11) is 0. The van der Waals surface area contributed by atoms with Crippen LogP contribution in [0.15, 0.2) is 47.4 Å². The fourth-order valence-electron chi connectivity index (χ4n) is 2.99. The van der Waals surface area contributed by atoms with Crippen LogP contribution < -0.4 is 11.0 Å². The van der Waals surface area contributed by atoms with Gasteiger partial charge in [-0.3, -0.25) is 9.36 Å². The molecule has 1 unspecified atom stereocenters. The summed E-state index contributed by atoms with van der Waals surface area (Å²) < 4.78 is 21.5. The van der Waals surface area contributed by atoms with Crippen LogP contribution in [0.1, 0.15) is 36.9 Å². The molecule has 1 amide bonds. The van der Waals surface area contributed by atoms with Gasteiger partial charge in [0, 0.05) is 17.7 Å². The zero-order chi connectivity index (χ0) is 18.9. The van der Waals surface area contributed by atoms with Crippen molar-refractivity contribution in [2.45, 2.75) is 37.7 Å². The van der Waals surface area contributed by atoms with E-state index in [1.807, 2.05) is 6.92 Å². The molecule has 138 valence electrons. The van der Waals surface area contributed by atoms with Gasteiger partial charge in [-0.05, 0) is 24.6 Å². The molecule has 4 atom stereocenters. The van der Waals surface area contributed by atoms with Gasteiger partial charge in [0.25, 0.3) is 5.91 Å². The van der Waals surface area contributed by atoms with Gasteiger partial charge in [-0.25, -0.2) is 9.18 Å². The number of anilines is 1. The Morgan fingerprint density at radius 2 is 2.08 bits per heavy atom. The number of rotatable bonds is 4. The molecule has 8 heteroatoms. The van der Waals surface area contributed by atoms with Gasteiger partial charge in [-0.1, -0.05) is 43.6 Å². The standard InChI is InChI=1S/C18H19ClFN3O3/c1-3-13-11(2)18(19,20)16(26-13)23-10-9-14(22-17(23)25)21-15(24)12-7-5-4-6-8-12/h4-11,13,16H,3H2,1-2H3,(H,21,22,24,25)/t11-,13+,16+,18?/m0/s1. The summed E-state index contributed by atoms with van der Waals surface area (Å²) >= 11 is 6.02. The zero-order valence-electron chi connectivity index (χ0n) is 14.4. The third-order valence-electron chi connectivity index (χ3n) is 4.56. The van der Waals surface area contributed by atoms with Crippen LogP contribution in [0, 0.1) is 5.92 Å². The van der Waals surface area contributed by atoms with Gasteiger partial charge in [-0.2, -0.15) is 4.98 Å². The van der Waals surface area contributed by atoms with Crippen LogP contribution in [0.4, 0.5) is 10.2 Å². The van der Waals surface area contributed by atoms with Crippen LogP contribution in [0.3, 0.4) is 0 Å². The molecule has 0 spiro atoms. The van der Waals surface area contributed by atoms with Gasteiger partial charge < -0.3 is 10.1 Å². The molecule has 1 aromatic heterocycles. The first-order valence-electron chi connectivity index (χ1n) is 8.33. The summed E-state index contributed by atoms with van der Waals surface area (Å²) in [5.74, 6) is -0.912. The summed E-state index contributed by atoms with van der Waals surface area (Å²) in [5.41, 5.74) is -0.326. The number of halogens is 2. The maximum atomic E-state index is 14.9.